The molecule has 0 bridgehead atoms. The summed E-state index contributed by atoms with van der Waals surface area (Å²) in [5, 5.41) is 0. The van der Waals surface area contributed by atoms with Crippen molar-refractivity contribution in [3.05, 3.63) is 63.0 Å². The van der Waals surface area contributed by atoms with Gasteiger partial charge in [0.25, 0.3) is 0 Å². The summed E-state index contributed by atoms with van der Waals surface area (Å²) >= 11 is 6.57. The molecule has 0 saturated heterocycles. The minimum atomic E-state index is -3.80. The van der Waals surface area contributed by atoms with E-state index < -0.39 is 15.9 Å². The molecule has 8 heteroatoms. The minimum Gasteiger partial charge on any atom is -0.370 e. The summed E-state index contributed by atoms with van der Waals surface area (Å²) in [6.07, 6.45) is -0.0440. The molecule has 2 rings (SSSR count). The molecule has 2 aromatic rings. The van der Waals surface area contributed by atoms with Gasteiger partial charge >= 0.3 is 0 Å². The normalized spacial score (nSPS) is 11.6. The van der Waals surface area contributed by atoms with E-state index in [9.17, 15) is 13.2 Å². The third-order valence-electron chi connectivity index (χ3n) is 3.32. The van der Waals surface area contributed by atoms with E-state index in [0.29, 0.717) is 8.95 Å². The zero-order valence-electron chi connectivity index (χ0n) is 12.7. The maximum atomic E-state index is 13.0. The fourth-order valence-corrected chi connectivity index (χ4v) is 5.01. The highest BCUT2D eigenvalue weighted by molar-refractivity contribution is 9.11. The number of sulfonamides is 1. The van der Waals surface area contributed by atoms with E-state index >= 15 is 0 Å². The van der Waals surface area contributed by atoms with Crippen LogP contribution in [0, 0.1) is 0 Å². The van der Waals surface area contributed by atoms with Crippen LogP contribution >= 0.6 is 31.9 Å². The van der Waals surface area contributed by atoms with E-state index in [-0.39, 0.29) is 24.4 Å². The van der Waals surface area contributed by atoms with Crippen LogP contribution in [-0.4, -0.2) is 25.2 Å². The molecule has 24 heavy (non-hydrogen) atoms. The number of hydrogen-bond donors (Lipinski definition) is 1. The van der Waals surface area contributed by atoms with Crippen LogP contribution in [0.2, 0.25) is 0 Å². The molecule has 0 spiro atoms. The summed E-state index contributed by atoms with van der Waals surface area (Å²) in [6, 6.07) is 14.1. The van der Waals surface area contributed by atoms with E-state index in [1.807, 2.05) is 30.3 Å². The van der Waals surface area contributed by atoms with Gasteiger partial charge in [0.1, 0.15) is 0 Å². The second kappa shape index (κ2) is 8.24. The number of amides is 1. The number of nitrogens with zero attached hydrogens (tertiary/aromatic N) is 1. The van der Waals surface area contributed by atoms with Gasteiger partial charge < -0.3 is 5.73 Å². The summed E-state index contributed by atoms with van der Waals surface area (Å²) < 4.78 is 28.5. The molecular formula is C16H16Br2N2O3S. The van der Waals surface area contributed by atoms with Gasteiger partial charge in [-0.05, 0) is 39.7 Å². The molecule has 0 radical (unpaired) electrons. The van der Waals surface area contributed by atoms with Gasteiger partial charge in [-0.15, -0.1) is 0 Å². The maximum absolute atomic E-state index is 13.0. The number of hydrogen-bond acceptors (Lipinski definition) is 3. The van der Waals surface area contributed by atoms with Crippen LogP contribution in [0.4, 0.5) is 0 Å². The van der Waals surface area contributed by atoms with Crippen molar-refractivity contribution in [2.24, 2.45) is 5.73 Å². The van der Waals surface area contributed by atoms with Crippen LogP contribution in [-0.2, 0) is 21.4 Å². The van der Waals surface area contributed by atoms with Crippen molar-refractivity contribution in [1.82, 2.24) is 4.31 Å². The standard InChI is InChI=1S/C16H16Br2N2O3S/c17-13-6-7-14(18)15(10-13)24(22,23)20(9-8-16(19)21)11-12-4-2-1-3-5-12/h1-7,10H,8-9,11H2,(H2,19,21). The van der Waals surface area contributed by atoms with Crippen LogP contribution in [0.25, 0.3) is 0 Å². The van der Waals surface area contributed by atoms with Crippen molar-refractivity contribution in [2.75, 3.05) is 6.54 Å². The Hall–Kier alpha value is -1.22. The number of benzene rings is 2. The summed E-state index contributed by atoms with van der Waals surface area (Å²) in [4.78, 5) is 11.3. The first-order chi connectivity index (χ1) is 11.3. The summed E-state index contributed by atoms with van der Waals surface area (Å²) in [5.41, 5.74) is 6.02. The molecule has 0 aliphatic heterocycles. The zero-order chi connectivity index (χ0) is 17.7. The van der Waals surface area contributed by atoms with Gasteiger partial charge in [0.15, 0.2) is 0 Å². The quantitative estimate of drug-likeness (QED) is 0.667. The number of nitrogens with two attached hydrogens (primary N) is 1. The lowest BCUT2D eigenvalue weighted by molar-refractivity contribution is -0.118. The van der Waals surface area contributed by atoms with Gasteiger partial charge in [-0.1, -0.05) is 46.3 Å². The predicted octanol–water partition coefficient (Wildman–Crippen LogP) is 3.28. The highest BCUT2D eigenvalue weighted by Crippen LogP contribution is 2.29. The molecule has 0 saturated carbocycles. The van der Waals surface area contributed by atoms with Crippen molar-refractivity contribution in [2.45, 2.75) is 17.9 Å². The average Bonchev–Trinajstić information content (AvgIpc) is 2.54. The van der Waals surface area contributed by atoms with Crippen LogP contribution in [0.15, 0.2) is 62.4 Å². The number of rotatable bonds is 7. The fraction of sp³-hybridized carbons (Fsp3) is 0.188. The number of carbonyl (C=O) groups is 1. The molecule has 2 N–H and O–H groups in total. The molecule has 0 fully saturated rings. The molecule has 0 aliphatic rings. The lowest BCUT2D eigenvalue weighted by Gasteiger charge is -2.22. The SMILES string of the molecule is NC(=O)CCN(Cc1ccccc1)S(=O)(=O)c1cc(Br)ccc1Br. The second-order valence-corrected chi connectivity index (χ2v) is 8.79. The van der Waals surface area contributed by atoms with Gasteiger partial charge in [0, 0.05) is 28.5 Å². The van der Waals surface area contributed by atoms with Gasteiger partial charge in [-0.2, -0.15) is 4.31 Å². The molecule has 2 aromatic carbocycles. The molecule has 0 heterocycles. The Balaban J connectivity index is 2.40. The Morgan fingerprint density at radius 2 is 1.75 bits per heavy atom. The highest BCUT2D eigenvalue weighted by atomic mass is 79.9. The Labute approximate surface area is 158 Å². The third-order valence-corrected chi connectivity index (χ3v) is 6.65. The van der Waals surface area contributed by atoms with Crippen molar-refractivity contribution >= 4 is 47.8 Å². The topological polar surface area (TPSA) is 80.5 Å². The van der Waals surface area contributed by atoms with Crippen LogP contribution < -0.4 is 5.73 Å². The molecule has 0 aromatic heterocycles. The molecular weight excluding hydrogens is 460 g/mol. The van der Waals surface area contributed by atoms with Gasteiger partial charge in [-0.3, -0.25) is 4.79 Å². The summed E-state index contributed by atoms with van der Waals surface area (Å²) in [5.74, 6) is -0.545. The van der Waals surface area contributed by atoms with E-state index in [1.54, 1.807) is 12.1 Å². The van der Waals surface area contributed by atoms with Crippen molar-refractivity contribution < 1.29 is 13.2 Å². The van der Waals surface area contributed by atoms with E-state index in [0.717, 1.165) is 5.56 Å². The smallest absolute Gasteiger partial charge is 0.244 e. The average molecular weight is 476 g/mol. The van der Waals surface area contributed by atoms with Gasteiger partial charge in [0.05, 0.1) is 4.90 Å². The molecule has 0 unspecified atom stereocenters. The van der Waals surface area contributed by atoms with Crippen LogP contribution in [0.3, 0.4) is 0 Å². The monoisotopic (exact) mass is 474 g/mol. The van der Waals surface area contributed by atoms with E-state index in [2.05, 4.69) is 31.9 Å². The first-order valence-electron chi connectivity index (χ1n) is 7.08. The van der Waals surface area contributed by atoms with Crippen LogP contribution in [0.5, 0.6) is 0 Å². The largest absolute Gasteiger partial charge is 0.370 e. The Kier molecular flexibility index (Phi) is 6.56. The molecule has 128 valence electrons. The lowest BCUT2D eigenvalue weighted by Crippen LogP contribution is -2.34. The van der Waals surface area contributed by atoms with E-state index in [1.165, 1.54) is 10.4 Å². The van der Waals surface area contributed by atoms with Crippen molar-refractivity contribution in [1.29, 1.82) is 0 Å². The van der Waals surface area contributed by atoms with Crippen molar-refractivity contribution in [3.8, 4) is 0 Å². The predicted molar refractivity (Wildman–Crippen MR) is 99.7 cm³/mol. The fourth-order valence-electron chi connectivity index (χ4n) is 2.12. The summed E-state index contributed by atoms with van der Waals surface area (Å²) in [7, 11) is -3.80. The molecule has 0 aliphatic carbocycles. The van der Waals surface area contributed by atoms with Crippen molar-refractivity contribution in [3.63, 3.8) is 0 Å². The zero-order valence-corrected chi connectivity index (χ0v) is 16.6. The molecule has 0 atom stereocenters. The molecule has 1 amide bonds. The minimum absolute atomic E-state index is 0.0194. The number of carbonyl (C=O) groups excluding carboxylic acids is 1. The second-order valence-electron chi connectivity index (χ2n) is 5.12. The first kappa shape index (κ1) is 19.1. The van der Waals surface area contributed by atoms with Crippen LogP contribution in [0.1, 0.15) is 12.0 Å². The Morgan fingerprint density at radius 1 is 1.08 bits per heavy atom. The first-order valence-corrected chi connectivity index (χ1v) is 10.1. The Bertz CT molecular complexity index is 826. The lowest BCUT2D eigenvalue weighted by atomic mass is 10.2. The van der Waals surface area contributed by atoms with E-state index in [4.69, 9.17) is 5.73 Å². The Morgan fingerprint density at radius 3 is 2.38 bits per heavy atom. The number of primary amides is 1. The summed E-state index contributed by atoms with van der Waals surface area (Å²) in [6.45, 7) is 0.181. The van der Waals surface area contributed by atoms with Gasteiger partial charge in [-0.25, -0.2) is 8.42 Å². The van der Waals surface area contributed by atoms with Gasteiger partial charge in [0.2, 0.25) is 15.9 Å². The maximum Gasteiger partial charge on any atom is 0.244 e. The molecule has 5 nitrogen and oxygen atoms in total. The number of halogens is 2. The third kappa shape index (κ3) is 4.89. The highest BCUT2D eigenvalue weighted by Gasteiger charge is 2.27.